The van der Waals surface area contributed by atoms with E-state index in [-0.39, 0.29) is 11.8 Å². The maximum atomic E-state index is 11.9. The van der Waals surface area contributed by atoms with Crippen LogP contribution in [0.2, 0.25) is 0 Å². The van der Waals surface area contributed by atoms with Crippen molar-refractivity contribution < 1.29 is 4.79 Å². The van der Waals surface area contributed by atoms with Gasteiger partial charge in [0.15, 0.2) is 5.13 Å². The van der Waals surface area contributed by atoms with Crippen LogP contribution in [0.1, 0.15) is 25.0 Å². The van der Waals surface area contributed by atoms with E-state index in [1.165, 1.54) is 11.3 Å². The van der Waals surface area contributed by atoms with Gasteiger partial charge in [-0.25, -0.2) is 4.98 Å². The highest BCUT2D eigenvalue weighted by molar-refractivity contribution is 7.19. The fourth-order valence-corrected chi connectivity index (χ4v) is 3.01. The summed E-state index contributed by atoms with van der Waals surface area (Å²) in [5.74, 6) is 0.287. The number of thiazole rings is 1. The van der Waals surface area contributed by atoms with Crippen LogP contribution in [0.3, 0.4) is 0 Å². The fraction of sp³-hybridized carbons (Fsp3) is 0.357. The second-order valence-corrected chi connectivity index (χ2v) is 5.76. The van der Waals surface area contributed by atoms with Crippen molar-refractivity contribution >= 4 is 22.4 Å². The smallest absolute Gasteiger partial charge is 0.229 e. The highest BCUT2D eigenvalue weighted by Gasteiger charge is 2.26. The number of hydrogen-bond donors (Lipinski definition) is 1. The molecule has 2 aromatic heterocycles. The lowest BCUT2D eigenvalue weighted by molar-refractivity contribution is -0.122. The van der Waals surface area contributed by atoms with Gasteiger partial charge in [-0.05, 0) is 31.9 Å². The van der Waals surface area contributed by atoms with Crippen LogP contribution in [0, 0.1) is 12.8 Å². The number of nitrogens with zero attached hydrogens (tertiary/aromatic N) is 2. The zero-order valence-electron chi connectivity index (χ0n) is 10.7. The largest absolute Gasteiger partial charge is 0.302 e. The number of carbonyl (C=O) groups excluding carboxylic acids is 1. The van der Waals surface area contributed by atoms with Crippen molar-refractivity contribution in [2.75, 3.05) is 5.32 Å². The Balaban J connectivity index is 1.79. The molecule has 0 aromatic carbocycles. The summed E-state index contributed by atoms with van der Waals surface area (Å²) in [5.41, 5.74) is 1.81. The van der Waals surface area contributed by atoms with Crippen molar-refractivity contribution in [2.45, 2.75) is 26.2 Å². The van der Waals surface area contributed by atoms with Crippen molar-refractivity contribution in [1.29, 1.82) is 0 Å². The molecule has 1 aliphatic rings. The van der Waals surface area contributed by atoms with Gasteiger partial charge >= 0.3 is 0 Å². The van der Waals surface area contributed by atoms with E-state index in [0.29, 0.717) is 5.13 Å². The van der Waals surface area contributed by atoms with Crippen LogP contribution >= 0.6 is 11.3 Å². The van der Waals surface area contributed by atoms with E-state index >= 15 is 0 Å². The lowest BCUT2D eigenvalue weighted by atomic mass is 9.85. The maximum absolute atomic E-state index is 11.9. The Bertz CT molecular complexity index is 590. The molecule has 0 aliphatic heterocycles. The Labute approximate surface area is 115 Å². The molecule has 1 aliphatic carbocycles. The molecule has 1 amide bonds. The van der Waals surface area contributed by atoms with Gasteiger partial charge in [0.1, 0.15) is 0 Å². The van der Waals surface area contributed by atoms with Crippen LogP contribution in [0.25, 0.3) is 10.6 Å². The van der Waals surface area contributed by atoms with Crippen LogP contribution < -0.4 is 5.32 Å². The SMILES string of the molecule is Cc1nc(NC(=O)C2CCC2)sc1-c1ccccn1. The number of aryl methyl sites for hydroxylation is 1. The highest BCUT2D eigenvalue weighted by atomic mass is 32.1. The number of hydrogen-bond acceptors (Lipinski definition) is 4. The van der Waals surface area contributed by atoms with E-state index in [1.807, 2.05) is 25.1 Å². The molecule has 0 unspecified atom stereocenters. The fourth-order valence-electron chi connectivity index (χ4n) is 2.06. The molecule has 4 nitrogen and oxygen atoms in total. The Hall–Kier alpha value is -1.75. The molecule has 19 heavy (non-hydrogen) atoms. The molecule has 98 valence electrons. The summed E-state index contributed by atoms with van der Waals surface area (Å²) in [6.45, 7) is 1.94. The molecule has 0 atom stereocenters. The van der Waals surface area contributed by atoms with Crippen LogP contribution in [-0.4, -0.2) is 15.9 Å². The van der Waals surface area contributed by atoms with Gasteiger partial charge in [-0.15, -0.1) is 0 Å². The van der Waals surface area contributed by atoms with Crippen molar-refractivity contribution in [2.24, 2.45) is 5.92 Å². The average molecular weight is 273 g/mol. The van der Waals surface area contributed by atoms with Gasteiger partial charge < -0.3 is 5.32 Å². The molecule has 2 heterocycles. The minimum absolute atomic E-state index is 0.104. The molecule has 3 rings (SSSR count). The molecule has 0 radical (unpaired) electrons. The number of pyridine rings is 1. The first-order valence-corrected chi connectivity index (χ1v) is 7.25. The van der Waals surface area contributed by atoms with E-state index in [4.69, 9.17) is 0 Å². The zero-order valence-corrected chi connectivity index (χ0v) is 11.5. The number of anilines is 1. The molecule has 1 saturated carbocycles. The summed E-state index contributed by atoms with van der Waals surface area (Å²) < 4.78 is 0. The third kappa shape index (κ3) is 2.51. The minimum Gasteiger partial charge on any atom is -0.302 e. The van der Waals surface area contributed by atoms with Gasteiger partial charge in [-0.3, -0.25) is 9.78 Å². The summed E-state index contributed by atoms with van der Waals surface area (Å²) in [4.78, 5) is 21.6. The quantitative estimate of drug-likeness (QED) is 0.934. The summed E-state index contributed by atoms with van der Waals surface area (Å²) in [7, 11) is 0. The van der Waals surface area contributed by atoms with Crippen LogP contribution in [-0.2, 0) is 4.79 Å². The molecular weight excluding hydrogens is 258 g/mol. The first kappa shape index (κ1) is 12.3. The molecular formula is C14H15N3OS. The summed E-state index contributed by atoms with van der Waals surface area (Å²) >= 11 is 1.49. The Morgan fingerprint density at radius 3 is 2.89 bits per heavy atom. The first-order valence-electron chi connectivity index (χ1n) is 6.44. The van der Waals surface area contributed by atoms with Gasteiger partial charge in [0.05, 0.1) is 16.3 Å². The van der Waals surface area contributed by atoms with Gasteiger partial charge in [0.25, 0.3) is 0 Å². The topological polar surface area (TPSA) is 54.9 Å². The van der Waals surface area contributed by atoms with Crippen LogP contribution in [0.15, 0.2) is 24.4 Å². The Morgan fingerprint density at radius 1 is 1.42 bits per heavy atom. The second kappa shape index (κ2) is 5.09. The average Bonchev–Trinajstić information content (AvgIpc) is 2.69. The van der Waals surface area contributed by atoms with Crippen molar-refractivity contribution in [3.05, 3.63) is 30.1 Å². The molecule has 5 heteroatoms. The van der Waals surface area contributed by atoms with Crippen LogP contribution in [0.5, 0.6) is 0 Å². The lowest BCUT2D eigenvalue weighted by Crippen LogP contribution is -2.27. The van der Waals surface area contributed by atoms with Gasteiger partial charge in [-0.2, -0.15) is 0 Å². The molecule has 1 N–H and O–H groups in total. The predicted octanol–water partition coefficient (Wildman–Crippen LogP) is 3.25. The minimum atomic E-state index is 0.104. The van der Waals surface area contributed by atoms with Crippen LogP contribution in [0.4, 0.5) is 5.13 Å². The molecule has 0 bridgehead atoms. The van der Waals surface area contributed by atoms with Crippen molar-refractivity contribution in [3.8, 4) is 10.6 Å². The van der Waals surface area contributed by atoms with Gasteiger partial charge in [0, 0.05) is 12.1 Å². The number of nitrogens with one attached hydrogen (secondary N) is 1. The number of carbonyl (C=O) groups is 1. The molecule has 2 aromatic rings. The van der Waals surface area contributed by atoms with E-state index in [2.05, 4.69) is 15.3 Å². The van der Waals surface area contributed by atoms with Crippen molar-refractivity contribution in [3.63, 3.8) is 0 Å². The molecule has 0 spiro atoms. The second-order valence-electron chi connectivity index (χ2n) is 4.77. The number of amides is 1. The summed E-state index contributed by atoms with van der Waals surface area (Å²) in [6, 6.07) is 5.80. The van der Waals surface area contributed by atoms with E-state index in [0.717, 1.165) is 35.5 Å². The third-order valence-corrected chi connectivity index (χ3v) is 4.50. The van der Waals surface area contributed by atoms with E-state index < -0.39 is 0 Å². The predicted molar refractivity (Wildman–Crippen MR) is 76.1 cm³/mol. The Kier molecular flexibility index (Phi) is 3.29. The lowest BCUT2D eigenvalue weighted by Gasteiger charge is -2.23. The third-order valence-electron chi connectivity index (χ3n) is 3.40. The molecule has 0 saturated heterocycles. The monoisotopic (exact) mass is 273 g/mol. The first-order chi connectivity index (χ1) is 9.24. The summed E-state index contributed by atoms with van der Waals surface area (Å²) in [6.07, 6.45) is 4.93. The highest BCUT2D eigenvalue weighted by Crippen LogP contribution is 2.33. The number of rotatable bonds is 3. The van der Waals surface area contributed by atoms with Crippen molar-refractivity contribution in [1.82, 2.24) is 9.97 Å². The van der Waals surface area contributed by atoms with Gasteiger partial charge in [0.2, 0.25) is 5.91 Å². The maximum Gasteiger partial charge on any atom is 0.229 e. The van der Waals surface area contributed by atoms with E-state index in [9.17, 15) is 4.79 Å². The Morgan fingerprint density at radius 2 is 2.26 bits per heavy atom. The number of aromatic nitrogens is 2. The standard InChI is InChI=1S/C14H15N3OS/c1-9-12(11-7-2-3-8-15-11)19-14(16-9)17-13(18)10-5-4-6-10/h2-3,7-8,10H,4-6H2,1H3,(H,16,17,18). The zero-order chi connectivity index (χ0) is 13.2. The summed E-state index contributed by atoms with van der Waals surface area (Å²) in [5, 5.41) is 3.59. The normalized spacial score (nSPS) is 15.0. The van der Waals surface area contributed by atoms with Gasteiger partial charge in [-0.1, -0.05) is 23.8 Å². The molecule has 1 fully saturated rings. The van der Waals surface area contributed by atoms with E-state index in [1.54, 1.807) is 6.20 Å².